The monoisotopic (exact) mass is 354 g/mol. The third-order valence-corrected chi connectivity index (χ3v) is 4.72. The molecule has 0 unspecified atom stereocenters. The lowest BCUT2D eigenvalue weighted by Gasteiger charge is -2.05. The van der Waals surface area contributed by atoms with Crippen LogP contribution in [0.25, 0.3) is 5.69 Å². The standard InChI is InChI=1S/C19H22N4OS/c1-4-10-17(11-5-1)16-24-14-8-3-9-15-25-19-20-21-22-23(19)18-12-6-2-7-13-18/h1-2,4-7,10-13H,3,8-9,14-16H2. The second-order valence-corrected chi connectivity index (χ2v) is 6.72. The Morgan fingerprint density at radius 2 is 1.64 bits per heavy atom. The topological polar surface area (TPSA) is 52.8 Å². The number of hydrogen-bond acceptors (Lipinski definition) is 5. The number of rotatable bonds is 10. The number of unbranched alkanes of at least 4 members (excludes halogenated alkanes) is 2. The van der Waals surface area contributed by atoms with Crippen LogP contribution in [0, 0.1) is 0 Å². The van der Waals surface area contributed by atoms with Gasteiger partial charge in [0, 0.05) is 12.4 Å². The summed E-state index contributed by atoms with van der Waals surface area (Å²) in [5, 5.41) is 12.8. The number of aromatic nitrogens is 4. The fraction of sp³-hybridized carbons (Fsp3) is 0.316. The lowest BCUT2D eigenvalue weighted by Crippen LogP contribution is -1.99. The molecule has 2 aromatic carbocycles. The summed E-state index contributed by atoms with van der Waals surface area (Å²) in [5.41, 5.74) is 2.22. The molecule has 0 aliphatic carbocycles. The molecule has 3 rings (SSSR count). The number of thioether (sulfide) groups is 1. The number of benzene rings is 2. The molecule has 25 heavy (non-hydrogen) atoms. The van der Waals surface area contributed by atoms with E-state index in [4.69, 9.17) is 4.74 Å². The molecule has 0 atom stereocenters. The normalized spacial score (nSPS) is 10.9. The van der Waals surface area contributed by atoms with Crippen molar-refractivity contribution in [2.45, 2.75) is 31.0 Å². The second-order valence-electron chi connectivity index (χ2n) is 5.66. The first-order valence-corrected chi connectivity index (χ1v) is 9.50. The Hall–Kier alpha value is -2.18. The SMILES string of the molecule is c1ccc(COCCCCCSc2nnnn2-c2ccccc2)cc1. The van der Waals surface area contributed by atoms with Crippen LogP contribution >= 0.6 is 11.8 Å². The molecule has 6 heteroatoms. The number of ether oxygens (including phenoxy) is 1. The van der Waals surface area contributed by atoms with Crippen molar-refractivity contribution in [3.05, 3.63) is 66.2 Å². The third kappa shape index (κ3) is 5.69. The highest BCUT2D eigenvalue weighted by molar-refractivity contribution is 7.99. The molecule has 0 spiro atoms. The molecule has 130 valence electrons. The Labute approximate surface area is 152 Å². The minimum absolute atomic E-state index is 0.696. The Kier molecular flexibility index (Phi) is 7.02. The lowest BCUT2D eigenvalue weighted by atomic mass is 10.2. The fourth-order valence-electron chi connectivity index (χ4n) is 2.41. The van der Waals surface area contributed by atoms with Crippen LogP contribution in [0.5, 0.6) is 0 Å². The van der Waals surface area contributed by atoms with E-state index in [-0.39, 0.29) is 0 Å². The van der Waals surface area contributed by atoms with Gasteiger partial charge in [-0.3, -0.25) is 0 Å². The van der Waals surface area contributed by atoms with Gasteiger partial charge in [-0.25, -0.2) is 0 Å². The molecule has 0 aliphatic rings. The van der Waals surface area contributed by atoms with Crippen molar-refractivity contribution < 1.29 is 4.74 Å². The van der Waals surface area contributed by atoms with Gasteiger partial charge in [0.2, 0.25) is 5.16 Å². The second kappa shape index (κ2) is 9.96. The molecular formula is C19H22N4OS. The summed E-state index contributed by atoms with van der Waals surface area (Å²) in [6, 6.07) is 20.3. The smallest absolute Gasteiger partial charge is 0.214 e. The largest absolute Gasteiger partial charge is 0.377 e. The van der Waals surface area contributed by atoms with Crippen molar-refractivity contribution in [2.24, 2.45) is 0 Å². The summed E-state index contributed by atoms with van der Waals surface area (Å²) < 4.78 is 7.49. The molecule has 0 amide bonds. The predicted octanol–water partition coefficient (Wildman–Crippen LogP) is 4.14. The first kappa shape index (κ1) is 17.6. The number of tetrazole rings is 1. The maximum atomic E-state index is 5.71. The molecule has 1 aromatic heterocycles. The highest BCUT2D eigenvalue weighted by atomic mass is 32.2. The van der Waals surface area contributed by atoms with Crippen molar-refractivity contribution in [3.8, 4) is 5.69 Å². The average molecular weight is 354 g/mol. The van der Waals surface area contributed by atoms with Crippen molar-refractivity contribution in [3.63, 3.8) is 0 Å². The van der Waals surface area contributed by atoms with Crippen LogP contribution in [0.2, 0.25) is 0 Å². The van der Waals surface area contributed by atoms with Crippen LogP contribution in [0.3, 0.4) is 0 Å². The van der Waals surface area contributed by atoms with Gasteiger partial charge in [0.1, 0.15) is 0 Å². The van der Waals surface area contributed by atoms with E-state index in [1.165, 1.54) is 5.56 Å². The van der Waals surface area contributed by atoms with Gasteiger partial charge in [0.05, 0.1) is 12.3 Å². The van der Waals surface area contributed by atoms with Crippen LogP contribution < -0.4 is 0 Å². The van der Waals surface area contributed by atoms with Crippen molar-refractivity contribution in [2.75, 3.05) is 12.4 Å². The minimum atomic E-state index is 0.696. The zero-order valence-electron chi connectivity index (χ0n) is 14.1. The number of nitrogens with zero attached hydrogens (tertiary/aromatic N) is 4. The van der Waals surface area contributed by atoms with E-state index in [1.54, 1.807) is 16.4 Å². The molecule has 0 bridgehead atoms. The first-order valence-electron chi connectivity index (χ1n) is 8.52. The first-order chi connectivity index (χ1) is 12.4. The highest BCUT2D eigenvalue weighted by Crippen LogP contribution is 2.19. The van der Waals surface area contributed by atoms with Gasteiger partial charge in [-0.05, 0) is 41.0 Å². The van der Waals surface area contributed by atoms with Crippen molar-refractivity contribution in [1.82, 2.24) is 20.2 Å². The maximum absolute atomic E-state index is 5.71. The molecule has 0 N–H and O–H groups in total. The molecule has 0 fully saturated rings. The molecule has 1 heterocycles. The summed E-state index contributed by atoms with van der Waals surface area (Å²) >= 11 is 1.70. The average Bonchev–Trinajstić information content (AvgIpc) is 3.14. The van der Waals surface area contributed by atoms with E-state index in [0.29, 0.717) is 6.61 Å². The molecule has 5 nitrogen and oxygen atoms in total. The van der Waals surface area contributed by atoms with Gasteiger partial charge in [0.25, 0.3) is 0 Å². The molecule has 0 saturated carbocycles. The van der Waals surface area contributed by atoms with E-state index >= 15 is 0 Å². The van der Waals surface area contributed by atoms with E-state index < -0.39 is 0 Å². The van der Waals surface area contributed by atoms with Gasteiger partial charge in [0.15, 0.2) is 0 Å². The third-order valence-electron chi connectivity index (χ3n) is 3.72. The van der Waals surface area contributed by atoms with Crippen molar-refractivity contribution >= 4 is 11.8 Å². The van der Waals surface area contributed by atoms with Crippen LogP contribution in [0.15, 0.2) is 65.8 Å². The van der Waals surface area contributed by atoms with Gasteiger partial charge >= 0.3 is 0 Å². The van der Waals surface area contributed by atoms with Crippen LogP contribution in [-0.4, -0.2) is 32.6 Å². The number of hydrogen-bond donors (Lipinski definition) is 0. The predicted molar refractivity (Wildman–Crippen MR) is 99.8 cm³/mol. The lowest BCUT2D eigenvalue weighted by molar-refractivity contribution is 0.117. The number of para-hydroxylation sites is 1. The van der Waals surface area contributed by atoms with Gasteiger partial charge in [-0.2, -0.15) is 4.68 Å². The Morgan fingerprint density at radius 3 is 2.44 bits per heavy atom. The summed E-state index contributed by atoms with van der Waals surface area (Å²) in [5.74, 6) is 1.01. The van der Waals surface area contributed by atoms with Crippen molar-refractivity contribution in [1.29, 1.82) is 0 Å². The zero-order valence-corrected chi connectivity index (χ0v) is 14.9. The maximum Gasteiger partial charge on any atom is 0.214 e. The molecular weight excluding hydrogens is 332 g/mol. The summed E-state index contributed by atoms with van der Waals surface area (Å²) in [7, 11) is 0. The van der Waals surface area contributed by atoms with E-state index in [9.17, 15) is 0 Å². The molecule has 3 aromatic rings. The van der Waals surface area contributed by atoms with Gasteiger partial charge in [-0.1, -0.05) is 66.7 Å². The highest BCUT2D eigenvalue weighted by Gasteiger charge is 2.07. The van der Waals surface area contributed by atoms with Crippen LogP contribution in [0.4, 0.5) is 0 Å². The van der Waals surface area contributed by atoms with Crippen LogP contribution in [0.1, 0.15) is 24.8 Å². The summed E-state index contributed by atoms with van der Waals surface area (Å²) in [6.45, 7) is 1.50. The van der Waals surface area contributed by atoms with Gasteiger partial charge < -0.3 is 4.74 Å². The van der Waals surface area contributed by atoms with Crippen LogP contribution in [-0.2, 0) is 11.3 Å². The Morgan fingerprint density at radius 1 is 0.880 bits per heavy atom. The zero-order chi connectivity index (χ0) is 17.2. The summed E-state index contributed by atoms with van der Waals surface area (Å²) in [6.07, 6.45) is 3.35. The van der Waals surface area contributed by atoms with E-state index in [2.05, 4.69) is 27.7 Å². The molecule has 0 radical (unpaired) electrons. The van der Waals surface area contributed by atoms with Gasteiger partial charge in [-0.15, -0.1) is 5.10 Å². The molecule has 0 saturated heterocycles. The van der Waals surface area contributed by atoms with E-state index in [1.807, 2.05) is 48.5 Å². The quantitative estimate of drug-likeness (QED) is 0.404. The van der Waals surface area contributed by atoms with E-state index in [0.717, 1.165) is 42.5 Å². The Bertz CT molecular complexity index is 733. The minimum Gasteiger partial charge on any atom is -0.377 e. The Balaban J connectivity index is 1.30. The molecule has 0 aliphatic heterocycles. The summed E-state index contributed by atoms with van der Waals surface area (Å²) in [4.78, 5) is 0. The fourth-order valence-corrected chi connectivity index (χ4v) is 3.30.